The van der Waals surface area contributed by atoms with Crippen molar-refractivity contribution in [2.24, 2.45) is 0 Å². The fourth-order valence-electron chi connectivity index (χ4n) is 3.81. The van der Waals surface area contributed by atoms with Crippen LogP contribution in [-0.4, -0.2) is 71.5 Å². The second-order valence-electron chi connectivity index (χ2n) is 7.53. The molecule has 8 nitrogen and oxygen atoms in total. The molecule has 0 atom stereocenters. The van der Waals surface area contributed by atoms with E-state index in [0.717, 1.165) is 71.6 Å². The Morgan fingerprint density at radius 1 is 1.13 bits per heavy atom. The Kier molecular flexibility index (Phi) is 5.79. The van der Waals surface area contributed by atoms with E-state index in [4.69, 9.17) is 9.72 Å². The fraction of sp³-hybridized carbons (Fsp3) is 0.318. The summed E-state index contributed by atoms with van der Waals surface area (Å²) in [5, 5.41) is 11.1. The Morgan fingerprint density at radius 2 is 2.03 bits per heavy atom. The second kappa shape index (κ2) is 9.01. The average molecular weight is 436 g/mol. The molecule has 0 spiro atoms. The monoisotopic (exact) mass is 435 g/mol. The third-order valence-electron chi connectivity index (χ3n) is 5.55. The first-order valence-electron chi connectivity index (χ1n) is 10.4. The zero-order valence-corrected chi connectivity index (χ0v) is 18.2. The van der Waals surface area contributed by atoms with Crippen LogP contribution in [0.2, 0.25) is 0 Å². The lowest BCUT2D eigenvalue weighted by Gasteiger charge is -2.36. The highest BCUT2D eigenvalue weighted by molar-refractivity contribution is 7.22. The highest BCUT2D eigenvalue weighted by Crippen LogP contribution is 2.32. The molecule has 0 aliphatic carbocycles. The molecule has 1 saturated heterocycles. The van der Waals surface area contributed by atoms with Crippen molar-refractivity contribution in [2.45, 2.75) is 0 Å². The van der Waals surface area contributed by atoms with Gasteiger partial charge in [-0.05, 0) is 23.8 Å². The smallest absolute Gasteiger partial charge is 0.189 e. The van der Waals surface area contributed by atoms with Gasteiger partial charge in [-0.2, -0.15) is 5.10 Å². The summed E-state index contributed by atoms with van der Waals surface area (Å²) >= 11 is 1.63. The Hall–Kier alpha value is -3.01. The molecule has 4 aromatic rings. The van der Waals surface area contributed by atoms with E-state index in [1.54, 1.807) is 18.4 Å². The maximum atomic E-state index is 5.19. The van der Waals surface area contributed by atoms with Crippen molar-refractivity contribution in [3.8, 4) is 11.1 Å². The van der Waals surface area contributed by atoms with Crippen molar-refractivity contribution < 1.29 is 4.74 Å². The number of fused-ring (bicyclic) bond motifs is 1. The van der Waals surface area contributed by atoms with E-state index in [0.29, 0.717) is 0 Å². The van der Waals surface area contributed by atoms with Crippen LogP contribution in [0.15, 0.2) is 48.9 Å². The number of hydrogen-bond donors (Lipinski definition) is 2. The van der Waals surface area contributed by atoms with Crippen molar-refractivity contribution in [1.82, 2.24) is 25.1 Å². The molecule has 3 aromatic heterocycles. The van der Waals surface area contributed by atoms with Crippen LogP contribution in [0.3, 0.4) is 0 Å². The number of H-pyrrole nitrogens is 1. The molecule has 1 aromatic carbocycles. The summed E-state index contributed by atoms with van der Waals surface area (Å²) in [5.74, 6) is 0.813. The van der Waals surface area contributed by atoms with Gasteiger partial charge in [-0.3, -0.25) is 10.00 Å². The number of methoxy groups -OCH3 is 1. The minimum atomic E-state index is 0.787. The van der Waals surface area contributed by atoms with Crippen molar-refractivity contribution >= 4 is 38.2 Å². The van der Waals surface area contributed by atoms with Gasteiger partial charge in [0.1, 0.15) is 5.82 Å². The molecule has 0 radical (unpaired) electrons. The topological polar surface area (TPSA) is 82.2 Å². The molecule has 0 saturated carbocycles. The van der Waals surface area contributed by atoms with Crippen molar-refractivity contribution in [3.05, 3.63) is 48.9 Å². The molecule has 0 bridgehead atoms. The van der Waals surface area contributed by atoms with Crippen LogP contribution in [0.4, 0.5) is 16.6 Å². The Labute approximate surface area is 184 Å². The molecule has 160 valence electrons. The lowest BCUT2D eigenvalue weighted by molar-refractivity contribution is 0.144. The van der Waals surface area contributed by atoms with E-state index in [1.165, 1.54) is 5.69 Å². The van der Waals surface area contributed by atoms with Gasteiger partial charge < -0.3 is 15.0 Å². The lowest BCUT2D eigenvalue weighted by Crippen LogP contribution is -2.47. The molecular weight excluding hydrogens is 410 g/mol. The number of thiazole rings is 1. The van der Waals surface area contributed by atoms with Gasteiger partial charge in [0.05, 0.1) is 23.0 Å². The Balaban J connectivity index is 1.28. The van der Waals surface area contributed by atoms with E-state index in [1.807, 2.05) is 24.7 Å². The lowest BCUT2D eigenvalue weighted by atomic mass is 10.1. The molecule has 4 heterocycles. The second-order valence-corrected chi connectivity index (χ2v) is 8.56. The zero-order valence-electron chi connectivity index (χ0n) is 17.4. The highest BCUT2D eigenvalue weighted by Gasteiger charge is 2.17. The number of benzene rings is 1. The summed E-state index contributed by atoms with van der Waals surface area (Å²) in [6.45, 7) is 5.88. The minimum Gasteiger partial charge on any atom is -0.383 e. The van der Waals surface area contributed by atoms with E-state index < -0.39 is 0 Å². The number of nitrogens with zero attached hydrogens (tertiary/aromatic N) is 5. The predicted molar refractivity (Wildman–Crippen MR) is 125 cm³/mol. The number of pyridine rings is 1. The van der Waals surface area contributed by atoms with Crippen molar-refractivity contribution in [3.63, 3.8) is 0 Å². The first kappa shape index (κ1) is 19.9. The van der Waals surface area contributed by atoms with Crippen LogP contribution < -0.4 is 10.2 Å². The van der Waals surface area contributed by atoms with Gasteiger partial charge in [0.25, 0.3) is 0 Å². The maximum Gasteiger partial charge on any atom is 0.189 e. The van der Waals surface area contributed by atoms with E-state index >= 15 is 0 Å². The number of hydrogen-bond acceptors (Lipinski definition) is 8. The number of ether oxygens (including phenoxy) is 1. The van der Waals surface area contributed by atoms with Crippen LogP contribution in [0.1, 0.15) is 0 Å². The summed E-state index contributed by atoms with van der Waals surface area (Å²) in [6, 6.07) is 10.4. The largest absolute Gasteiger partial charge is 0.383 e. The number of aromatic nitrogens is 4. The van der Waals surface area contributed by atoms with E-state index in [2.05, 4.69) is 54.6 Å². The summed E-state index contributed by atoms with van der Waals surface area (Å²) in [6.07, 6.45) is 5.58. The van der Waals surface area contributed by atoms with Gasteiger partial charge >= 0.3 is 0 Å². The van der Waals surface area contributed by atoms with Crippen molar-refractivity contribution in [1.29, 1.82) is 0 Å². The summed E-state index contributed by atoms with van der Waals surface area (Å²) < 4.78 is 6.32. The standard InChI is InChI=1S/C22H25N7OS/c1-30-11-10-28-6-8-29(9-7-28)18-4-5-23-21(13-18)27-22-26-19-3-2-16(12-20(19)31-22)17-14-24-25-15-17/h2-5,12-15H,6-11H2,1H3,(H,24,25)(H,23,26,27). The van der Waals surface area contributed by atoms with Crippen molar-refractivity contribution in [2.75, 3.05) is 56.7 Å². The van der Waals surface area contributed by atoms with Crippen LogP contribution in [-0.2, 0) is 4.74 Å². The molecular formula is C22H25N7OS. The highest BCUT2D eigenvalue weighted by atomic mass is 32.1. The first-order chi connectivity index (χ1) is 15.3. The molecule has 31 heavy (non-hydrogen) atoms. The zero-order chi connectivity index (χ0) is 21.0. The summed E-state index contributed by atoms with van der Waals surface area (Å²) in [7, 11) is 1.76. The minimum absolute atomic E-state index is 0.787. The average Bonchev–Trinajstić information content (AvgIpc) is 3.47. The van der Waals surface area contributed by atoms with Gasteiger partial charge in [0.2, 0.25) is 0 Å². The first-order valence-corrected chi connectivity index (χ1v) is 11.2. The molecule has 0 unspecified atom stereocenters. The van der Waals surface area contributed by atoms with E-state index in [-0.39, 0.29) is 0 Å². The summed E-state index contributed by atoms with van der Waals surface area (Å²) in [4.78, 5) is 14.1. The van der Waals surface area contributed by atoms with Crippen LogP contribution >= 0.6 is 11.3 Å². The normalized spacial score (nSPS) is 14.9. The molecule has 2 N–H and O–H groups in total. The van der Waals surface area contributed by atoms with Gasteiger partial charge in [-0.25, -0.2) is 9.97 Å². The van der Waals surface area contributed by atoms with E-state index in [9.17, 15) is 0 Å². The molecule has 1 fully saturated rings. The summed E-state index contributed by atoms with van der Waals surface area (Å²) in [5.41, 5.74) is 4.36. The number of nitrogens with one attached hydrogen (secondary N) is 2. The number of piperazine rings is 1. The van der Waals surface area contributed by atoms with Crippen LogP contribution in [0.5, 0.6) is 0 Å². The number of aromatic amines is 1. The number of rotatable bonds is 7. The van der Waals surface area contributed by atoms with Gasteiger partial charge in [-0.1, -0.05) is 17.4 Å². The third kappa shape index (κ3) is 4.53. The number of anilines is 3. The predicted octanol–water partition coefficient (Wildman–Crippen LogP) is 3.59. The molecule has 5 rings (SSSR count). The van der Waals surface area contributed by atoms with Gasteiger partial charge in [0.15, 0.2) is 5.13 Å². The molecule has 0 amide bonds. The maximum absolute atomic E-state index is 5.19. The van der Waals surface area contributed by atoms with Gasteiger partial charge in [-0.15, -0.1) is 0 Å². The fourth-order valence-corrected chi connectivity index (χ4v) is 4.72. The van der Waals surface area contributed by atoms with Gasteiger partial charge in [0, 0.05) is 69.5 Å². The van der Waals surface area contributed by atoms with Crippen LogP contribution in [0, 0.1) is 0 Å². The quantitative estimate of drug-likeness (QED) is 0.459. The Bertz CT molecular complexity index is 1140. The molecule has 9 heteroatoms. The molecule has 1 aliphatic heterocycles. The third-order valence-corrected chi connectivity index (χ3v) is 6.48. The molecule has 1 aliphatic rings. The SMILES string of the molecule is COCCN1CCN(c2ccnc(Nc3nc4ccc(-c5cn[nH]c5)cc4s3)c2)CC1. The van der Waals surface area contributed by atoms with Crippen LogP contribution in [0.25, 0.3) is 21.3 Å². The Morgan fingerprint density at radius 3 is 2.84 bits per heavy atom.